The zero-order valence-corrected chi connectivity index (χ0v) is 7.60. The molecule has 2 rings (SSSR count). The maximum absolute atomic E-state index is 4.19. The van der Waals surface area contributed by atoms with Gasteiger partial charge in [-0.05, 0) is 5.92 Å². The van der Waals surface area contributed by atoms with Gasteiger partial charge in [-0.3, -0.25) is 0 Å². The number of hydrogen-bond acceptors (Lipinski definition) is 4. The molecule has 0 aromatic carbocycles. The Bertz CT molecular complexity index is 419. The van der Waals surface area contributed by atoms with Crippen molar-refractivity contribution in [2.24, 2.45) is 0 Å². The molecule has 13 heavy (non-hydrogen) atoms. The van der Waals surface area contributed by atoms with Crippen molar-refractivity contribution in [1.29, 1.82) is 0 Å². The fourth-order valence-electron chi connectivity index (χ4n) is 1.24. The molecule has 0 radical (unpaired) electrons. The van der Waals surface area contributed by atoms with Crippen LogP contribution in [0.15, 0.2) is 18.7 Å². The van der Waals surface area contributed by atoms with E-state index in [0.29, 0.717) is 5.92 Å². The molecule has 0 fully saturated rings. The number of aromatic nitrogens is 4. The summed E-state index contributed by atoms with van der Waals surface area (Å²) in [5, 5.41) is 8.92. The fraction of sp³-hybridized carbons (Fsp3) is 0.333. The first-order valence-electron chi connectivity index (χ1n) is 4.20. The van der Waals surface area contributed by atoms with Crippen molar-refractivity contribution in [3.05, 3.63) is 24.4 Å². The van der Waals surface area contributed by atoms with Crippen LogP contribution in [-0.4, -0.2) is 20.2 Å². The van der Waals surface area contributed by atoms with E-state index in [1.165, 1.54) is 6.33 Å². The van der Waals surface area contributed by atoms with Crippen molar-refractivity contribution >= 4 is 10.9 Å². The summed E-state index contributed by atoms with van der Waals surface area (Å²) in [5.74, 6) is 0.339. The second kappa shape index (κ2) is 3.05. The third-order valence-corrected chi connectivity index (χ3v) is 1.89. The standard InChI is InChI=1S/C9H10N4/c1-6(2)8-9-7(4-12-13-8)3-10-5-11-9/h3-6H,1-2H3. The lowest BCUT2D eigenvalue weighted by atomic mass is 10.1. The topological polar surface area (TPSA) is 51.6 Å². The molecule has 0 aliphatic carbocycles. The van der Waals surface area contributed by atoms with Gasteiger partial charge in [0, 0.05) is 11.6 Å². The summed E-state index contributed by atoms with van der Waals surface area (Å²) in [5.41, 5.74) is 1.83. The molecule has 4 heteroatoms. The van der Waals surface area contributed by atoms with Crippen LogP contribution in [0.25, 0.3) is 10.9 Å². The number of fused-ring (bicyclic) bond motifs is 1. The van der Waals surface area contributed by atoms with E-state index in [4.69, 9.17) is 0 Å². The molecule has 0 amide bonds. The minimum Gasteiger partial charge on any atom is -0.244 e. The SMILES string of the molecule is CC(C)c1nncc2cncnc12. The van der Waals surface area contributed by atoms with Crippen LogP contribution in [0.2, 0.25) is 0 Å². The molecule has 66 valence electrons. The van der Waals surface area contributed by atoms with Gasteiger partial charge >= 0.3 is 0 Å². The van der Waals surface area contributed by atoms with E-state index in [2.05, 4.69) is 34.0 Å². The maximum Gasteiger partial charge on any atom is 0.116 e. The third-order valence-electron chi connectivity index (χ3n) is 1.89. The van der Waals surface area contributed by atoms with Crippen LogP contribution in [0.3, 0.4) is 0 Å². The molecule has 2 aromatic rings. The lowest BCUT2D eigenvalue weighted by Gasteiger charge is -2.04. The molecule has 2 aromatic heterocycles. The number of nitrogens with zero attached hydrogens (tertiary/aromatic N) is 4. The summed E-state index contributed by atoms with van der Waals surface area (Å²) < 4.78 is 0. The second-order valence-corrected chi connectivity index (χ2v) is 3.21. The summed E-state index contributed by atoms with van der Waals surface area (Å²) >= 11 is 0. The highest BCUT2D eigenvalue weighted by Crippen LogP contribution is 2.18. The Labute approximate surface area is 76.1 Å². The quantitative estimate of drug-likeness (QED) is 0.658. The Morgan fingerprint density at radius 1 is 1.23 bits per heavy atom. The Morgan fingerprint density at radius 3 is 2.85 bits per heavy atom. The molecule has 0 bridgehead atoms. The first-order valence-corrected chi connectivity index (χ1v) is 4.20. The van der Waals surface area contributed by atoms with Crippen LogP contribution in [-0.2, 0) is 0 Å². The van der Waals surface area contributed by atoms with Gasteiger partial charge in [0.05, 0.1) is 17.4 Å². The molecule has 4 nitrogen and oxygen atoms in total. The van der Waals surface area contributed by atoms with Gasteiger partial charge in [-0.15, -0.1) is 0 Å². The molecule has 0 aliphatic rings. The van der Waals surface area contributed by atoms with E-state index in [0.717, 1.165) is 16.6 Å². The minimum atomic E-state index is 0.339. The van der Waals surface area contributed by atoms with Gasteiger partial charge in [0.2, 0.25) is 0 Å². The van der Waals surface area contributed by atoms with E-state index in [1.54, 1.807) is 12.4 Å². The van der Waals surface area contributed by atoms with E-state index in [-0.39, 0.29) is 0 Å². The summed E-state index contributed by atoms with van der Waals surface area (Å²) in [6, 6.07) is 0. The first kappa shape index (κ1) is 8.04. The summed E-state index contributed by atoms with van der Waals surface area (Å²) in [6.07, 6.45) is 4.97. The van der Waals surface area contributed by atoms with Gasteiger partial charge in [-0.25, -0.2) is 9.97 Å². The van der Waals surface area contributed by atoms with Crippen molar-refractivity contribution in [3.63, 3.8) is 0 Å². The minimum absolute atomic E-state index is 0.339. The molecule has 0 atom stereocenters. The van der Waals surface area contributed by atoms with Crippen LogP contribution in [0.1, 0.15) is 25.5 Å². The van der Waals surface area contributed by atoms with Crippen LogP contribution in [0, 0.1) is 0 Å². The highest BCUT2D eigenvalue weighted by molar-refractivity contribution is 5.78. The van der Waals surface area contributed by atoms with Crippen molar-refractivity contribution < 1.29 is 0 Å². The summed E-state index contributed by atoms with van der Waals surface area (Å²) in [7, 11) is 0. The first-order chi connectivity index (χ1) is 6.29. The Kier molecular flexibility index (Phi) is 1.88. The van der Waals surface area contributed by atoms with Gasteiger partial charge < -0.3 is 0 Å². The molecule has 0 aliphatic heterocycles. The monoisotopic (exact) mass is 174 g/mol. The fourth-order valence-corrected chi connectivity index (χ4v) is 1.24. The van der Waals surface area contributed by atoms with Gasteiger partial charge in [-0.2, -0.15) is 10.2 Å². The molecular weight excluding hydrogens is 164 g/mol. The van der Waals surface area contributed by atoms with Crippen molar-refractivity contribution in [2.45, 2.75) is 19.8 Å². The maximum atomic E-state index is 4.19. The average molecular weight is 174 g/mol. The summed E-state index contributed by atoms with van der Waals surface area (Å²) in [4.78, 5) is 8.12. The van der Waals surface area contributed by atoms with Gasteiger partial charge in [0.15, 0.2) is 0 Å². The van der Waals surface area contributed by atoms with E-state index >= 15 is 0 Å². The summed E-state index contributed by atoms with van der Waals surface area (Å²) in [6.45, 7) is 4.15. The van der Waals surface area contributed by atoms with Crippen LogP contribution < -0.4 is 0 Å². The lowest BCUT2D eigenvalue weighted by molar-refractivity contribution is 0.794. The highest BCUT2D eigenvalue weighted by atomic mass is 15.1. The van der Waals surface area contributed by atoms with Crippen LogP contribution in [0.5, 0.6) is 0 Å². The zero-order valence-electron chi connectivity index (χ0n) is 7.60. The Morgan fingerprint density at radius 2 is 2.08 bits per heavy atom. The van der Waals surface area contributed by atoms with Gasteiger partial charge in [-0.1, -0.05) is 13.8 Å². The van der Waals surface area contributed by atoms with Gasteiger partial charge in [0.25, 0.3) is 0 Å². The molecule has 0 saturated carbocycles. The Balaban J connectivity index is 2.76. The van der Waals surface area contributed by atoms with Gasteiger partial charge in [0.1, 0.15) is 6.33 Å². The van der Waals surface area contributed by atoms with E-state index in [1.807, 2.05) is 0 Å². The molecular formula is C9H10N4. The average Bonchev–Trinajstić information content (AvgIpc) is 2.17. The molecule has 0 saturated heterocycles. The lowest BCUT2D eigenvalue weighted by Crippen LogP contribution is -1.98. The third kappa shape index (κ3) is 1.35. The van der Waals surface area contributed by atoms with E-state index in [9.17, 15) is 0 Å². The largest absolute Gasteiger partial charge is 0.244 e. The van der Waals surface area contributed by atoms with Crippen molar-refractivity contribution in [1.82, 2.24) is 20.2 Å². The molecule has 0 unspecified atom stereocenters. The smallest absolute Gasteiger partial charge is 0.116 e. The normalized spacial score (nSPS) is 11.0. The van der Waals surface area contributed by atoms with Crippen LogP contribution >= 0.6 is 0 Å². The molecule has 2 heterocycles. The number of rotatable bonds is 1. The van der Waals surface area contributed by atoms with Crippen LogP contribution in [0.4, 0.5) is 0 Å². The Hall–Kier alpha value is -1.58. The van der Waals surface area contributed by atoms with E-state index < -0.39 is 0 Å². The zero-order chi connectivity index (χ0) is 9.26. The van der Waals surface area contributed by atoms with Crippen molar-refractivity contribution in [3.8, 4) is 0 Å². The number of hydrogen-bond donors (Lipinski definition) is 0. The molecule has 0 N–H and O–H groups in total. The highest BCUT2D eigenvalue weighted by Gasteiger charge is 2.07. The predicted octanol–water partition coefficient (Wildman–Crippen LogP) is 1.54. The predicted molar refractivity (Wildman–Crippen MR) is 49.2 cm³/mol. The molecule has 0 spiro atoms. The van der Waals surface area contributed by atoms with Crippen molar-refractivity contribution in [2.75, 3.05) is 0 Å². The second-order valence-electron chi connectivity index (χ2n) is 3.21.